The Kier molecular flexibility index (Phi) is 6.82. The molecule has 0 saturated heterocycles. The molecule has 36 heavy (non-hydrogen) atoms. The largest absolute Gasteiger partial charge is 0.478 e. The van der Waals surface area contributed by atoms with Crippen LogP contribution < -0.4 is 16.6 Å². The average molecular weight is 485 g/mol. The fourth-order valence-electron chi connectivity index (χ4n) is 4.15. The molecule has 0 aliphatic rings. The van der Waals surface area contributed by atoms with Gasteiger partial charge in [0, 0.05) is 11.1 Å². The van der Waals surface area contributed by atoms with E-state index in [2.05, 4.69) is 15.3 Å². The first kappa shape index (κ1) is 24.6. The zero-order chi connectivity index (χ0) is 26.0. The van der Waals surface area contributed by atoms with Crippen molar-refractivity contribution in [3.63, 3.8) is 0 Å². The van der Waals surface area contributed by atoms with E-state index in [0.717, 1.165) is 5.56 Å². The first-order valence-electron chi connectivity index (χ1n) is 11.6. The second-order valence-corrected chi connectivity index (χ2v) is 8.58. The number of para-hydroxylation sites is 1. The zero-order valence-corrected chi connectivity index (χ0v) is 20.6. The molecule has 0 bridgehead atoms. The first-order valence-corrected chi connectivity index (χ1v) is 11.6. The van der Waals surface area contributed by atoms with E-state index in [4.69, 9.17) is 10.7 Å². The maximum atomic E-state index is 13.8. The minimum Gasteiger partial charge on any atom is -0.478 e. The molecule has 0 spiro atoms. The molecule has 9 nitrogen and oxygen atoms in total. The molecule has 184 valence electrons. The summed E-state index contributed by atoms with van der Waals surface area (Å²) < 4.78 is 1.62. The number of hydrogen-bond donors (Lipinski definition) is 3. The van der Waals surface area contributed by atoms with Crippen molar-refractivity contribution in [1.82, 2.24) is 19.5 Å². The second kappa shape index (κ2) is 9.99. The Morgan fingerprint density at radius 3 is 2.50 bits per heavy atom. The summed E-state index contributed by atoms with van der Waals surface area (Å²) in [6, 6.07) is 14.5. The number of aromatic nitrogens is 4. The van der Waals surface area contributed by atoms with Crippen LogP contribution in [-0.4, -0.2) is 30.6 Å². The van der Waals surface area contributed by atoms with Gasteiger partial charge in [-0.05, 0) is 57.0 Å². The number of nitrogens with one attached hydrogen (secondary N) is 1. The fourth-order valence-corrected chi connectivity index (χ4v) is 4.15. The van der Waals surface area contributed by atoms with Crippen molar-refractivity contribution < 1.29 is 9.90 Å². The summed E-state index contributed by atoms with van der Waals surface area (Å²) in [5, 5.41) is 13.3. The summed E-state index contributed by atoms with van der Waals surface area (Å²) in [7, 11) is 0. The molecule has 0 amide bonds. The molecular weight excluding hydrogens is 456 g/mol. The predicted molar refractivity (Wildman–Crippen MR) is 141 cm³/mol. The van der Waals surface area contributed by atoms with E-state index in [1.54, 1.807) is 11.5 Å². The maximum Gasteiger partial charge on any atom is 0.331 e. The Bertz CT molecular complexity index is 1540. The van der Waals surface area contributed by atoms with E-state index in [0.29, 0.717) is 45.9 Å². The Balaban J connectivity index is 1.95. The van der Waals surface area contributed by atoms with Crippen LogP contribution in [-0.2, 0) is 4.79 Å². The van der Waals surface area contributed by atoms with Crippen LogP contribution >= 0.6 is 0 Å². The van der Waals surface area contributed by atoms with Gasteiger partial charge in [0.2, 0.25) is 5.95 Å². The van der Waals surface area contributed by atoms with E-state index in [1.807, 2.05) is 62.4 Å². The third-order valence-electron chi connectivity index (χ3n) is 6.03. The molecule has 1 atom stereocenters. The Hall–Kier alpha value is -4.53. The van der Waals surface area contributed by atoms with E-state index in [-0.39, 0.29) is 17.1 Å². The highest BCUT2D eigenvalue weighted by atomic mass is 16.4. The summed E-state index contributed by atoms with van der Waals surface area (Å²) in [6.45, 7) is 7.10. The Morgan fingerprint density at radius 1 is 1.11 bits per heavy atom. The predicted octanol–water partition coefficient (Wildman–Crippen LogP) is 4.43. The number of fused-ring (bicyclic) bond motifs is 1. The number of aryl methyl sites for hydroxylation is 2. The van der Waals surface area contributed by atoms with Gasteiger partial charge in [0.25, 0.3) is 5.56 Å². The number of carbonyl (C=O) groups is 1. The molecule has 9 heteroatoms. The number of anilines is 2. The van der Waals surface area contributed by atoms with Crippen molar-refractivity contribution in [3.05, 3.63) is 87.1 Å². The summed E-state index contributed by atoms with van der Waals surface area (Å²) in [4.78, 5) is 38.8. The zero-order valence-electron chi connectivity index (χ0n) is 20.6. The van der Waals surface area contributed by atoms with Crippen LogP contribution in [0, 0.1) is 13.8 Å². The molecular formula is C27H28N6O3. The maximum absolute atomic E-state index is 13.8. The summed E-state index contributed by atoms with van der Waals surface area (Å²) in [5.74, 6) is -0.122. The van der Waals surface area contributed by atoms with Gasteiger partial charge in [0.15, 0.2) is 0 Å². The topological polar surface area (TPSA) is 136 Å². The average Bonchev–Trinajstić information content (AvgIpc) is 2.84. The molecule has 1 unspecified atom stereocenters. The van der Waals surface area contributed by atoms with Gasteiger partial charge in [-0.2, -0.15) is 4.98 Å². The van der Waals surface area contributed by atoms with Crippen LogP contribution in [0.4, 0.5) is 11.8 Å². The van der Waals surface area contributed by atoms with Gasteiger partial charge in [-0.1, -0.05) is 37.3 Å². The highest BCUT2D eigenvalue weighted by molar-refractivity contribution is 5.92. The summed E-state index contributed by atoms with van der Waals surface area (Å²) in [5.41, 5.74) is 9.08. The number of benzene rings is 2. The van der Waals surface area contributed by atoms with E-state index in [9.17, 15) is 14.7 Å². The number of carboxylic acids is 1. The van der Waals surface area contributed by atoms with Crippen molar-refractivity contribution in [3.8, 4) is 5.69 Å². The second-order valence-electron chi connectivity index (χ2n) is 8.58. The Morgan fingerprint density at radius 2 is 1.83 bits per heavy atom. The molecule has 2 aromatic heterocycles. The van der Waals surface area contributed by atoms with Crippen LogP contribution in [0.2, 0.25) is 0 Å². The van der Waals surface area contributed by atoms with Gasteiger partial charge in [0.1, 0.15) is 11.6 Å². The number of hydrogen-bond acceptors (Lipinski definition) is 7. The van der Waals surface area contributed by atoms with E-state index in [1.165, 1.54) is 13.0 Å². The van der Waals surface area contributed by atoms with Crippen molar-refractivity contribution in [2.45, 2.75) is 40.2 Å². The van der Waals surface area contributed by atoms with Crippen molar-refractivity contribution >= 4 is 34.7 Å². The molecule has 0 fully saturated rings. The third-order valence-corrected chi connectivity index (χ3v) is 6.03. The third kappa shape index (κ3) is 4.68. The van der Waals surface area contributed by atoms with Crippen LogP contribution in [0.1, 0.15) is 49.0 Å². The van der Waals surface area contributed by atoms with Gasteiger partial charge < -0.3 is 16.2 Å². The summed E-state index contributed by atoms with van der Waals surface area (Å²) >= 11 is 0. The number of nitrogens with two attached hydrogens (primary N) is 1. The normalized spacial score (nSPS) is 12.5. The minimum atomic E-state index is -1.05. The van der Waals surface area contributed by atoms with Crippen LogP contribution in [0.3, 0.4) is 0 Å². The van der Waals surface area contributed by atoms with Crippen molar-refractivity contribution in [2.75, 3.05) is 11.1 Å². The molecule has 2 heterocycles. The smallest absolute Gasteiger partial charge is 0.331 e. The van der Waals surface area contributed by atoms with Crippen LogP contribution in [0.5, 0.6) is 0 Å². The Labute approximate surface area is 208 Å². The molecule has 0 aliphatic heterocycles. The standard InChI is InChI=1S/C27H28N6O3/c1-5-20(30-23-19(14-16(3)26(35)36)17(4)29-27(28)32-23)24-31-21-13-9-10-15(2)22(21)25(34)33(24)18-11-7-6-8-12-18/h6-14,20H,5H2,1-4H3,(H,35,36)(H3,28,29,30,32). The molecule has 4 rings (SSSR count). The number of nitrogen functional groups attached to an aromatic ring is 1. The number of carboxylic acid groups (broad SMARTS) is 1. The van der Waals surface area contributed by atoms with Gasteiger partial charge in [0.05, 0.1) is 28.3 Å². The van der Waals surface area contributed by atoms with E-state index < -0.39 is 12.0 Å². The lowest BCUT2D eigenvalue weighted by Gasteiger charge is -2.23. The SMILES string of the molecule is CCC(Nc1nc(N)nc(C)c1C=C(C)C(=O)O)c1nc2cccc(C)c2c(=O)n1-c1ccccc1. The lowest BCUT2D eigenvalue weighted by atomic mass is 10.1. The number of aliphatic carboxylic acids is 1. The van der Waals surface area contributed by atoms with Crippen molar-refractivity contribution in [1.29, 1.82) is 0 Å². The number of nitrogens with zero attached hydrogens (tertiary/aromatic N) is 4. The molecule has 0 saturated carbocycles. The minimum absolute atomic E-state index is 0.0533. The first-order chi connectivity index (χ1) is 17.2. The summed E-state index contributed by atoms with van der Waals surface area (Å²) in [6.07, 6.45) is 2.06. The van der Waals surface area contributed by atoms with Crippen LogP contribution in [0.25, 0.3) is 22.7 Å². The van der Waals surface area contributed by atoms with Gasteiger partial charge in [-0.25, -0.2) is 14.8 Å². The van der Waals surface area contributed by atoms with Crippen LogP contribution in [0.15, 0.2) is 58.9 Å². The molecule has 0 aliphatic carbocycles. The molecule has 4 aromatic rings. The fraction of sp³-hybridized carbons (Fsp3) is 0.222. The quantitative estimate of drug-likeness (QED) is 0.328. The lowest BCUT2D eigenvalue weighted by molar-refractivity contribution is -0.132. The van der Waals surface area contributed by atoms with Gasteiger partial charge in [-0.15, -0.1) is 0 Å². The van der Waals surface area contributed by atoms with Crippen molar-refractivity contribution in [2.24, 2.45) is 0 Å². The lowest BCUT2D eigenvalue weighted by Crippen LogP contribution is -2.29. The highest BCUT2D eigenvalue weighted by Crippen LogP contribution is 2.28. The molecule has 0 radical (unpaired) electrons. The number of rotatable bonds is 7. The molecule has 2 aromatic carbocycles. The van der Waals surface area contributed by atoms with Gasteiger partial charge in [-0.3, -0.25) is 9.36 Å². The highest BCUT2D eigenvalue weighted by Gasteiger charge is 2.23. The van der Waals surface area contributed by atoms with Gasteiger partial charge >= 0.3 is 5.97 Å². The van der Waals surface area contributed by atoms with E-state index >= 15 is 0 Å². The monoisotopic (exact) mass is 484 g/mol. The molecule has 4 N–H and O–H groups in total.